The van der Waals surface area contributed by atoms with E-state index >= 15 is 0 Å². The summed E-state index contributed by atoms with van der Waals surface area (Å²) in [4.78, 5) is 21.5. The molecule has 0 saturated heterocycles. The van der Waals surface area contributed by atoms with E-state index in [-0.39, 0.29) is 6.42 Å². The van der Waals surface area contributed by atoms with Gasteiger partial charge in [-0.05, 0) is 25.7 Å². The molecule has 0 aromatic carbocycles. The molecule has 6 nitrogen and oxygen atoms in total. The summed E-state index contributed by atoms with van der Waals surface area (Å²) in [7, 11) is 0. The van der Waals surface area contributed by atoms with Gasteiger partial charge in [-0.1, -0.05) is 11.1 Å². The van der Waals surface area contributed by atoms with E-state index in [4.69, 9.17) is 5.11 Å². The minimum atomic E-state index is -1.40. The summed E-state index contributed by atoms with van der Waals surface area (Å²) in [6.45, 7) is 0. The number of aliphatic hydroxyl groups excluding tert-OH is 1. The number of nitro groups is 1. The number of aliphatic carboxylic acids is 1. The van der Waals surface area contributed by atoms with E-state index in [1.165, 1.54) is 0 Å². The Labute approximate surface area is 98.1 Å². The van der Waals surface area contributed by atoms with E-state index in [9.17, 15) is 20.0 Å². The fourth-order valence-corrected chi connectivity index (χ4v) is 2.90. The van der Waals surface area contributed by atoms with Crippen molar-refractivity contribution in [2.24, 2.45) is 5.92 Å². The molecule has 0 bridgehead atoms. The number of carbonyl (C=O) groups is 1. The number of carboxylic acid groups (broad SMARTS) is 1. The highest BCUT2D eigenvalue weighted by molar-refractivity contribution is 5.75. The minimum Gasteiger partial charge on any atom is -0.481 e. The summed E-state index contributed by atoms with van der Waals surface area (Å²) in [5.41, 5.74) is 1.62. The highest BCUT2D eigenvalue weighted by Crippen LogP contribution is 2.40. The van der Waals surface area contributed by atoms with Crippen molar-refractivity contribution in [1.82, 2.24) is 0 Å². The van der Waals surface area contributed by atoms with Gasteiger partial charge in [-0.2, -0.15) is 0 Å². The maximum Gasteiger partial charge on any atom is 0.313 e. The number of aliphatic hydroxyl groups is 1. The van der Waals surface area contributed by atoms with E-state index in [2.05, 4.69) is 0 Å². The van der Waals surface area contributed by atoms with Crippen molar-refractivity contribution in [3.8, 4) is 0 Å². The Balaban J connectivity index is 2.38. The zero-order valence-electron chi connectivity index (χ0n) is 9.33. The quantitative estimate of drug-likeness (QED) is 0.426. The van der Waals surface area contributed by atoms with Gasteiger partial charge in [-0.25, -0.2) is 0 Å². The Morgan fingerprint density at radius 1 is 1.35 bits per heavy atom. The summed E-state index contributed by atoms with van der Waals surface area (Å²) < 4.78 is 0. The number of hydrogen-bond acceptors (Lipinski definition) is 4. The Hall–Kier alpha value is -1.43. The first-order chi connectivity index (χ1) is 8.02. The molecule has 0 aliphatic heterocycles. The zero-order chi connectivity index (χ0) is 12.6. The topological polar surface area (TPSA) is 101 Å². The Kier molecular flexibility index (Phi) is 3.15. The third-order valence-corrected chi connectivity index (χ3v) is 3.73. The number of nitrogens with zero attached hydrogens (tertiary/aromatic N) is 1. The molecular formula is C11H15NO5. The van der Waals surface area contributed by atoms with Crippen molar-refractivity contribution in [2.75, 3.05) is 0 Å². The van der Waals surface area contributed by atoms with Gasteiger partial charge in [0.1, 0.15) is 12.0 Å². The summed E-state index contributed by atoms with van der Waals surface area (Å²) in [5, 5.41) is 29.8. The van der Waals surface area contributed by atoms with Crippen LogP contribution in [0.3, 0.4) is 0 Å². The van der Waals surface area contributed by atoms with Gasteiger partial charge in [0, 0.05) is 11.3 Å². The van der Waals surface area contributed by atoms with E-state index in [1.54, 1.807) is 0 Å². The van der Waals surface area contributed by atoms with E-state index in [0.29, 0.717) is 6.42 Å². The molecule has 0 amide bonds. The van der Waals surface area contributed by atoms with Crippen molar-refractivity contribution in [1.29, 1.82) is 0 Å². The molecule has 0 saturated carbocycles. The molecule has 6 heteroatoms. The second-order valence-corrected chi connectivity index (χ2v) is 4.70. The Morgan fingerprint density at radius 3 is 2.59 bits per heavy atom. The summed E-state index contributed by atoms with van der Waals surface area (Å²) in [6, 6.07) is -1.17. The summed E-state index contributed by atoms with van der Waals surface area (Å²) in [5.74, 6) is -2.24. The zero-order valence-corrected chi connectivity index (χ0v) is 9.33. The second-order valence-electron chi connectivity index (χ2n) is 4.70. The molecule has 3 unspecified atom stereocenters. The molecule has 0 heterocycles. The lowest BCUT2D eigenvalue weighted by atomic mass is 9.72. The van der Waals surface area contributed by atoms with Crippen LogP contribution in [0, 0.1) is 16.0 Å². The minimum absolute atomic E-state index is 0.202. The van der Waals surface area contributed by atoms with Gasteiger partial charge in [0.2, 0.25) is 6.04 Å². The monoisotopic (exact) mass is 241 g/mol. The smallest absolute Gasteiger partial charge is 0.313 e. The molecule has 2 aliphatic carbocycles. The van der Waals surface area contributed by atoms with E-state index in [1.807, 2.05) is 0 Å². The SMILES string of the molecule is O=C(O)C1C2=C(CCCC2)CC([N+](=O)[O-])C1O. The van der Waals surface area contributed by atoms with Crippen LogP contribution >= 0.6 is 0 Å². The van der Waals surface area contributed by atoms with Crippen LogP contribution in [0.5, 0.6) is 0 Å². The van der Waals surface area contributed by atoms with Crippen LogP contribution in [0.15, 0.2) is 11.1 Å². The average Bonchev–Trinajstić information content (AvgIpc) is 2.27. The highest BCUT2D eigenvalue weighted by Gasteiger charge is 2.47. The Morgan fingerprint density at radius 2 is 2.00 bits per heavy atom. The molecule has 0 spiro atoms. The van der Waals surface area contributed by atoms with Crippen LogP contribution in [0.2, 0.25) is 0 Å². The molecule has 3 atom stereocenters. The van der Waals surface area contributed by atoms with Gasteiger partial charge in [0.05, 0.1) is 0 Å². The molecule has 94 valence electrons. The molecular weight excluding hydrogens is 226 g/mol. The maximum atomic E-state index is 11.2. The van der Waals surface area contributed by atoms with Gasteiger partial charge in [-0.15, -0.1) is 0 Å². The van der Waals surface area contributed by atoms with Crippen molar-refractivity contribution < 1.29 is 19.9 Å². The predicted octanol–water partition coefficient (Wildman–Crippen LogP) is 0.968. The molecule has 0 fully saturated rings. The van der Waals surface area contributed by atoms with Gasteiger partial charge in [-0.3, -0.25) is 14.9 Å². The first kappa shape index (κ1) is 12.0. The third kappa shape index (κ3) is 2.04. The fraction of sp³-hybridized carbons (Fsp3) is 0.727. The molecule has 2 aliphatic rings. The molecule has 17 heavy (non-hydrogen) atoms. The molecule has 0 radical (unpaired) electrons. The fourth-order valence-electron chi connectivity index (χ4n) is 2.90. The third-order valence-electron chi connectivity index (χ3n) is 3.73. The standard InChI is InChI=1S/C11H15NO5/c13-10-8(12(16)17)5-6-3-1-2-4-7(6)9(10)11(14)15/h8-10,13H,1-5H2,(H,14,15). The number of carboxylic acids is 1. The molecule has 2 N–H and O–H groups in total. The van der Waals surface area contributed by atoms with Crippen LogP contribution in [-0.4, -0.2) is 33.3 Å². The predicted molar refractivity (Wildman–Crippen MR) is 58.0 cm³/mol. The first-order valence-electron chi connectivity index (χ1n) is 5.77. The van der Waals surface area contributed by atoms with Gasteiger partial charge >= 0.3 is 5.97 Å². The highest BCUT2D eigenvalue weighted by atomic mass is 16.6. The van der Waals surface area contributed by atoms with Crippen LogP contribution < -0.4 is 0 Å². The van der Waals surface area contributed by atoms with Gasteiger partial charge < -0.3 is 10.2 Å². The lowest BCUT2D eigenvalue weighted by Crippen LogP contribution is -2.47. The van der Waals surface area contributed by atoms with E-state index in [0.717, 1.165) is 30.4 Å². The summed E-state index contributed by atoms with van der Waals surface area (Å²) >= 11 is 0. The van der Waals surface area contributed by atoms with Crippen LogP contribution in [0.4, 0.5) is 0 Å². The van der Waals surface area contributed by atoms with Crippen LogP contribution in [-0.2, 0) is 4.79 Å². The Bertz CT molecular complexity index is 389. The van der Waals surface area contributed by atoms with Crippen LogP contribution in [0.1, 0.15) is 32.1 Å². The number of hydrogen-bond donors (Lipinski definition) is 2. The van der Waals surface area contributed by atoms with Crippen molar-refractivity contribution in [3.05, 3.63) is 21.3 Å². The largest absolute Gasteiger partial charge is 0.481 e. The molecule has 2 rings (SSSR count). The molecule has 0 aromatic rings. The second kappa shape index (κ2) is 4.44. The van der Waals surface area contributed by atoms with E-state index < -0.39 is 29.0 Å². The van der Waals surface area contributed by atoms with Crippen LogP contribution in [0.25, 0.3) is 0 Å². The van der Waals surface area contributed by atoms with Crippen molar-refractivity contribution >= 4 is 5.97 Å². The van der Waals surface area contributed by atoms with Gasteiger partial charge in [0.25, 0.3) is 0 Å². The van der Waals surface area contributed by atoms with Crippen molar-refractivity contribution in [2.45, 2.75) is 44.2 Å². The maximum absolute atomic E-state index is 11.2. The summed E-state index contributed by atoms with van der Waals surface area (Å²) in [6.07, 6.45) is 2.03. The lowest BCUT2D eigenvalue weighted by molar-refractivity contribution is -0.536. The van der Waals surface area contributed by atoms with Crippen molar-refractivity contribution in [3.63, 3.8) is 0 Å². The normalized spacial score (nSPS) is 33.1. The number of rotatable bonds is 2. The average molecular weight is 241 g/mol. The molecule has 0 aromatic heterocycles. The lowest BCUT2D eigenvalue weighted by Gasteiger charge is -2.34. The van der Waals surface area contributed by atoms with Gasteiger partial charge in [0.15, 0.2) is 0 Å². The first-order valence-corrected chi connectivity index (χ1v) is 5.77.